The molecule has 0 amide bonds. The normalized spacial score (nSPS) is 11.2. The first-order valence-corrected chi connectivity index (χ1v) is 7.27. The van der Waals surface area contributed by atoms with E-state index in [4.69, 9.17) is 12.2 Å². The average Bonchev–Trinajstić information content (AvgIpc) is 2.88. The first kappa shape index (κ1) is 15.0. The maximum Gasteiger partial charge on any atom is 0.216 e. The highest BCUT2D eigenvalue weighted by Gasteiger charge is 2.09. The fraction of sp³-hybridized carbons (Fsp3) is 0.0625. The predicted octanol–water partition coefficient (Wildman–Crippen LogP) is 3.21. The summed E-state index contributed by atoms with van der Waals surface area (Å²) in [6, 6.07) is 12.3. The Balaban J connectivity index is 2.05. The number of phenols is 2. The van der Waals surface area contributed by atoms with E-state index in [9.17, 15) is 10.2 Å². The van der Waals surface area contributed by atoms with E-state index < -0.39 is 0 Å². The van der Waals surface area contributed by atoms with Crippen molar-refractivity contribution in [3.63, 3.8) is 0 Å². The molecule has 0 aliphatic rings. The summed E-state index contributed by atoms with van der Waals surface area (Å²) in [6.07, 6.45) is 1.49. The molecule has 0 saturated carbocycles. The van der Waals surface area contributed by atoms with E-state index in [0.717, 1.165) is 5.56 Å². The molecule has 0 radical (unpaired) electrons. The smallest absolute Gasteiger partial charge is 0.216 e. The van der Waals surface area contributed by atoms with Gasteiger partial charge in [-0.25, -0.2) is 5.10 Å². The van der Waals surface area contributed by atoms with Gasteiger partial charge in [0.1, 0.15) is 11.5 Å². The molecule has 116 valence electrons. The minimum absolute atomic E-state index is 0.00190. The number of phenolic OH excluding ortho intramolecular Hbond substituents is 2. The largest absolute Gasteiger partial charge is 0.508 e. The van der Waals surface area contributed by atoms with E-state index >= 15 is 0 Å². The predicted molar refractivity (Wildman–Crippen MR) is 90.3 cm³/mol. The topological polar surface area (TPSA) is 86.4 Å². The van der Waals surface area contributed by atoms with Crippen LogP contribution in [0.3, 0.4) is 0 Å². The third-order valence-corrected chi connectivity index (χ3v) is 3.60. The molecule has 0 unspecified atom stereocenters. The molecule has 3 rings (SSSR count). The third-order valence-electron chi connectivity index (χ3n) is 3.33. The number of nitrogens with zero attached hydrogens (tertiary/aromatic N) is 3. The van der Waals surface area contributed by atoms with Gasteiger partial charge >= 0.3 is 0 Å². The quantitative estimate of drug-likeness (QED) is 0.509. The van der Waals surface area contributed by atoms with Gasteiger partial charge in [0.25, 0.3) is 0 Å². The second-order valence-corrected chi connectivity index (χ2v) is 5.36. The zero-order valence-electron chi connectivity index (χ0n) is 12.3. The van der Waals surface area contributed by atoms with E-state index in [0.29, 0.717) is 21.7 Å². The lowest BCUT2D eigenvalue weighted by Gasteiger charge is -2.05. The van der Waals surface area contributed by atoms with Crippen LogP contribution in [-0.4, -0.2) is 31.3 Å². The van der Waals surface area contributed by atoms with Crippen molar-refractivity contribution in [2.24, 2.45) is 5.10 Å². The number of hydrogen-bond donors (Lipinski definition) is 3. The van der Waals surface area contributed by atoms with Gasteiger partial charge in [0.2, 0.25) is 4.77 Å². The second-order valence-electron chi connectivity index (χ2n) is 4.97. The molecule has 0 atom stereocenters. The van der Waals surface area contributed by atoms with Crippen molar-refractivity contribution < 1.29 is 10.2 Å². The molecule has 3 N–H and O–H groups in total. The van der Waals surface area contributed by atoms with E-state index in [1.807, 2.05) is 30.3 Å². The highest BCUT2D eigenvalue weighted by atomic mass is 32.1. The van der Waals surface area contributed by atoms with Crippen LogP contribution in [-0.2, 0) is 0 Å². The maximum atomic E-state index is 9.95. The Morgan fingerprint density at radius 3 is 2.65 bits per heavy atom. The number of benzene rings is 2. The van der Waals surface area contributed by atoms with Crippen molar-refractivity contribution in [1.29, 1.82) is 0 Å². The van der Waals surface area contributed by atoms with Crippen LogP contribution in [0.1, 0.15) is 11.1 Å². The summed E-state index contributed by atoms with van der Waals surface area (Å²) in [5.74, 6) is 0.521. The van der Waals surface area contributed by atoms with Gasteiger partial charge in [-0.2, -0.15) is 14.9 Å². The van der Waals surface area contributed by atoms with Crippen molar-refractivity contribution in [3.8, 4) is 22.9 Å². The van der Waals surface area contributed by atoms with E-state index in [1.54, 1.807) is 13.0 Å². The summed E-state index contributed by atoms with van der Waals surface area (Å²) in [7, 11) is 0. The van der Waals surface area contributed by atoms with Crippen LogP contribution in [0, 0.1) is 11.7 Å². The van der Waals surface area contributed by atoms with Crippen molar-refractivity contribution >= 4 is 18.4 Å². The number of aromatic hydroxyl groups is 2. The molecule has 6 nitrogen and oxygen atoms in total. The fourth-order valence-corrected chi connectivity index (χ4v) is 2.40. The van der Waals surface area contributed by atoms with Gasteiger partial charge in [-0.1, -0.05) is 30.3 Å². The SMILES string of the molecule is Cc1cc(O)cc(O)c1C=Nn1c(-c2ccccc2)n[nH]c1=S. The lowest BCUT2D eigenvalue weighted by atomic mass is 10.1. The lowest BCUT2D eigenvalue weighted by Crippen LogP contribution is -1.96. The molecular formula is C16H14N4O2S. The standard InChI is InChI=1S/C16H14N4O2S/c1-10-7-12(21)8-14(22)13(10)9-17-20-15(18-19-16(20)23)11-5-3-2-4-6-11/h2-9,21-22H,1H3,(H,19,23). The number of hydrogen-bond acceptors (Lipinski definition) is 5. The minimum atomic E-state index is -0.0532. The number of nitrogens with one attached hydrogen (secondary N) is 1. The van der Waals surface area contributed by atoms with Crippen LogP contribution < -0.4 is 0 Å². The number of aryl methyl sites for hydroxylation is 1. The Labute approximate surface area is 137 Å². The van der Waals surface area contributed by atoms with Crippen molar-refractivity contribution in [2.75, 3.05) is 0 Å². The van der Waals surface area contributed by atoms with Crippen molar-refractivity contribution in [1.82, 2.24) is 14.9 Å². The molecule has 23 heavy (non-hydrogen) atoms. The number of aromatic amines is 1. The summed E-state index contributed by atoms with van der Waals surface area (Å²) >= 11 is 5.20. The Hall–Kier alpha value is -2.93. The van der Waals surface area contributed by atoms with Crippen LogP contribution in [0.15, 0.2) is 47.6 Å². The summed E-state index contributed by atoms with van der Waals surface area (Å²) in [4.78, 5) is 0. The molecule has 0 aliphatic heterocycles. The van der Waals surface area contributed by atoms with Gasteiger partial charge in [-0.3, -0.25) is 0 Å². The van der Waals surface area contributed by atoms with Gasteiger partial charge in [0.15, 0.2) is 5.82 Å². The zero-order valence-corrected chi connectivity index (χ0v) is 13.1. The van der Waals surface area contributed by atoms with Crippen molar-refractivity contribution in [3.05, 3.63) is 58.4 Å². The molecule has 1 heterocycles. The van der Waals surface area contributed by atoms with Crippen LogP contribution in [0.5, 0.6) is 11.5 Å². The fourth-order valence-electron chi connectivity index (χ4n) is 2.22. The second kappa shape index (κ2) is 6.05. The van der Waals surface area contributed by atoms with Gasteiger partial charge in [-0.15, -0.1) is 0 Å². The van der Waals surface area contributed by atoms with Crippen LogP contribution in [0.4, 0.5) is 0 Å². The molecule has 0 aliphatic carbocycles. The zero-order chi connectivity index (χ0) is 16.4. The highest BCUT2D eigenvalue weighted by Crippen LogP contribution is 2.25. The average molecular weight is 326 g/mol. The van der Waals surface area contributed by atoms with Crippen molar-refractivity contribution in [2.45, 2.75) is 6.92 Å². The molecular weight excluding hydrogens is 312 g/mol. The molecule has 2 aromatic carbocycles. The van der Waals surface area contributed by atoms with Crippen LogP contribution in [0.25, 0.3) is 11.4 Å². The van der Waals surface area contributed by atoms with E-state index in [-0.39, 0.29) is 11.5 Å². The molecule has 3 aromatic rings. The van der Waals surface area contributed by atoms with Crippen LogP contribution in [0.2, 0.25) is 0 Å². The first-order valence-electron chi connectivity index (χ1n) is 6.86. The Morgan fingerprint density at radius 1 is 1.22 bits per heavy atom. The lowest BCUT2D eigenvalue weighted by molar-refractivity contribution is 0.449. The first-order chi connectivity index (χ1) is 11.1. The van der Waals surface area contributed by atoms with Gasteiger partial charge < -0.3 is 10.2 Å². The van der Waals surface area contributed by atoms with Gasteiger partial charge in [0.05, 0.1) is 6.21 Å². The molecule has 0 spiro atoms. The molecule has 0 fully saturated rings. The highest BCUT2D eigenvalue weighted by molar-refractivity contribution is 7.71. The summed E-state index contributed by atoms with van der Waals surface area (Å²) in [6.45, 7) is 1.77. The molecule has 0 saturated heterocycles. The summed E-state index contributed by atoms with van der Waals surface area (Å²) in [5.41, 5.74) is 2.07. The Bertz CT molecular complexity index is 906. The number of aromatic nitrogens is 3. The van der Waals surface area contributed by atoms with Gasteiger partial charge in [0, 0.05) is 17.2 Å². The maximum absolute atomic E-state index is 9.95. The third kappa shape index (κ3) is 3.00. The Kier molecular flexibility index (Phi) is 3.94. The number of H-pyrrole nitrogens is 1. The number of rotatable bonds is 3. The summed E-state index contributed by atoms with van der Waals surface area (Å²) < 4.78 is 1.83. The molecule has 0 bridgehead atoms. The molecule has 1 aromatic heterocycles. The van der Waals surface area contributed by atoms with Crippen LogP contribution >= 0.6 is 12.2 Å². The summed E-state index contributed by atoms with van der Waals surface area (Å²) in [5, 5.41) is 30.6. The van der Waals surface area contributed by atoms with E-state index in [1.165, 1.54) is 17.0 Å². The monoisotopic (exact) mass is 326 g/mol. The minimum Gasteiger partial charge on any atom is -0.508 e. The molecule has 7 heteroatoms. The van der Waals surface area contributed by atoms with E-state index in [2.05, 4.69) is 15.3 Å². The Morgan fingerprint density at radius 2 is 1.96 bits per heavy atom. The van der Waals surface area contributed by atoms with Gasteiger partial charge in [-0.05, 0) is 30.8 Å².